The van der Waals surface area contributed by atoms with Gasteiger partial charge in [-0.15, -0.1) is 0 Å². The van der Waals surface area contributed by atoms with Gasteiger partial charge < -0.3 is 0 Å². The van der Waals surface area contributed by atoms with E-state index in [0.717, 1.165) is 11.1 Å². The molecule has 0 unspecified atom stereocenters. The molecule has 23 heavy (non-hydrogen) atoms. The van der Waals surface area contributed by atoms with Crippen LogP contribution in [0.25, 0.3) is 0 Å². The molecule has 0 saturated heterocycles. The largest absolute Gasteiger partial charge is 0.353 e. The second kappa shape index (κ2) is 6.44. The van der Waals surface area contributed by atoms with Crippen molar-refractivity contribution in [3.63, 3.8) is 0 Å². The van der Waals surface area contributed by atoms with Crippen molar-refractivity contribution in [2.45, 2.75) is 20.0 Å². The molecule has 0 amide bonds. The fourth-order valence-corrected chi connectivity index (χ4v) is 2.47. The average molecular weight is 307 g/mol. The van der Waals surface area contributed by atoms with Crippen LogP contribution in [0.15, 0.2) is 70.3 Å². The molecule has 116 valence electrons. The van der Waals surface area contributed by atoms with Crippen LogP contribution in [0.1, 0.15) is 17.0 Å². The van der Waals surface area contributed by atoms with Crippen LogP contribution in [0, 0.1) is 6.92 Å². The molecule has 0 bridgehead atoms. The minimum Gasteiger partial charge on any atom is -0.277 e. The minimum absolute atomic E-state index is 0.223. The first kappa shape index (κ1) is 15.0. The lowest BCUT2D eigenvalue weighted by atomic mass is 10.2. The number of hydrogen-bond acceptors (Lipinski definition) is 3. The topological polar surface area (TPSA) is 56.9 Å². The third kappa shape index (κ3) is 3.29. The molecule has 5 nitrogen and oxygen atoms in total. The zero-order valence-electron chi connectivity index (χ0n) is 12.8. The number of nitrogens with zero attached hydrogens (tertiary/aromatic N) is 3. The molecule has 1 aromatic heterocycles. The smallest absolute Gasteiger partial charge is 0.277 e. The molecule has 0 N–H and O–H groups in total. The molecular weight excluding hydrogens is 290 g/mol. The molecule has 0 atom stereocenters. The maximum absolute atomic E-state index is 12.7. The normalized spacial score (nSPS) is 10.7. The van der Waals surface area contributed by atoms with Crippen molar-refractivity contribution < 1.29 is 0 Å². The molecule has 0 aliphatic heterocycles. The first-order valence-electron chi connectivity index (χ1n) is 7.41. The Labute approximate surface area is 133 Å². The van der Waals surface area contributed by atoms with E-state index in [-0.39, 0.29) is 12.2 Å². The summed E-state index contributed by atoms with van der Waals surface area (Å²) >= 11 is 0. The van der Waals surface area contributed by atoms with Crippen molar-refractivity contribution in [3.8, 4) is 0 Å². The lowest BCUT2D eigenvalue weighted by Crippen LogP contribution is -2.43. The Morgan fingerprint density at radius 1 is 0.783 bits per heavy atom. The van der Waals surface area contributed by atoms with E-state index in [2.05, 4.69) is 4.98 Å². The lowest BCUT2D eigenvalue weighted by molar-refractivity contribution is 0.562. The predicted octanol–water partition coefficient (Wildman–Crippen LogP) is 1.81. The van der Waals surface area contributed by atoms with E-state index in [0.29, 0.717) is 12.4 Å². The summed E-state index contributed by atoms with van der Waals surface area (Å²) in [6, 6.07) is 19.1. The molecular formula is C18H17N3O2. The van der Waals surface area contributed by atoms with E-state index in [1.807, 2.05) is 60.7 Å². The third-order valence-corrected chi connectivity index (χ3v) is 3.71. The van der Waals surface area contributed by atoms with E-state index in [9.17, 15) is 9.59 Å². The van der Waals surface area contributed by atoms with Crippen molar-refractivity contribution >= 4 is 0 Å². The van der Waals surface area contributed by atoms with Gasteiger partial charge in [0.25, 0.3) is 0 Å². The quantitative estimate of drug-likeness (QED) is 0.738. The van der Waals surface area contributed by atoms with Crippen LogP contribution in [0.2, 0.25) is 0 Å². The average Bonchev–Trinajstić information content (AvgIpc) is 2.57. The molecule has 0 aliphatic rings. The molecule has 3 rings (SSSR count). The minimum atomic E-state index is -0.513. The van der Waals surface area contributed by atoms with E-state index < -0.39 is 5.69 Å². The number of aromatic nitrogens is 3. The van der Waals surface area contributed by atoms with Gasteiger partial charge in [0.2, 0.25) is 0 Å². The first-order valence-corrected chi connectivity index (χ1v) is 7.41. The summed E-state index contributed by atoms with van der Waals surface area (Å²) in [5.74, 6) is 0.424. The van der Waals surface area contributed by atoms with E-state index in [1.165, 1.54) is 9.13 Å². The lowest BCUT2D eigenvalue weighted by Gasteiger charge is -2.12. The Kier molecular flexibility index (Phi) is 4.19. The molecule has 0 spiro atoms. The number of hydrogen-bond donors (Lipinski definition) is 0. The van der Waals surface area contributed by atoms with Crippen LogP contribution >= 0.6 is 0 Å². The van der Waals surface area contributed by atoms with Crippen molar-refractivity contribution in [2.24, 2.45) is 0 Å². The summed E-state index contributed by atoms with van der Waals surface area (Å²) in [6.07, 6.45) is 0. The molecule has 3 aromatic rings. The molecule has 0 fully saturated rings. The molecule has 1 heterocycles. The highest BCUT2D eigenvalue weighted by Gasteiger charge is 2.11. The summed E-state index contributed by atoms with van der Waals surface area (Å²) < 4.78 is 2.70. The van der Waals surface area contributed by atoms with Crippen LogP contribution in [0.4, 0.5) is 0 Å². The molecule has 0 aliphatic carbocycles. The molecule has 0 saturated carbocycles. The van der Waals surface area contributed by atoms with Crippen LogP contribution < -0.4 is 11.4 Å². The van der Waals surface area contributed by atoms with Gasteiger partial charge in [-0.2, -0.15) is 4.98 Å². The summed E-state index contributed by atoms with van der Waals surface area (Å²) in [5, 5.41) is 0. The van der Waals surface area contributed by atoms with E-state index in [4.69, 9.17) is 0 Å². The maximum Gasteiger partial charge on any atom is 0.353 e. The van der Waals surface area contributed by atoms with Gasteiger partial charge in [0.1, 0.15) is 5.82 Å². The molecule has 2 aromatic carbocycles. The number of benzene rings is 2. The zero-order chi connectivity index (χ0) is 16.2. The van der Waals surface area contributed by atoms with Crippen molar-refractivity contribution in [3.05, 3.63) is 98.6 Å². The monoisotopic (exact) mass is 307 g/mol. The second-order valence-electron chi connectivity index (χ2n) is 5.37. The van der Waals surface area contributed by atoms with E-state index in [1.54, 1.807) is 6.92 Å². The fourth-order valence-electron chi connectivity index (χ4n) is 2.47. The Hall–Kier alpha value is -2.95. The van der Waals surface area contributed by atoms with Gasteiger partial charge in [0.05, 0.1) is 13.1 Å². The Bertz CT molecular complexity index is 912. The van der Waals surface area contributed by atoms with Crippen molar-refractivity contribution in [2.75, 3.05) is 0 Å². The standard InChI is InChI=1S/C18H17N3O2/c1-14-19-17(22)21(13-16-10-6-3-7-11-16)18(23)20(14)12-15-8-4-2-5-9-15/h2-11H,12-13H2,1H3. The maximum atomic E-state index is 12.7. The van der Waals surface area contributed by atoms with Crippen molar-refractivity contribution in [1.29, 1.82) is 0 Å². The van der Waals surface area contributed by atoms with Gasteiger partial charge in [-0.25, -0.2) is 14.2 Å². The second-order valence-corrected chi connectivity index (χ2v) is 5.37. The van der Waals surface area contributed by atoms with Crippen LogP contribution in [0.5, 0.6) is 0 Å². The molecule has 5 heteroatoms. The van der Waals surface area contributed by atoms with Gasteiger partial charge in [0, 0.05) is 0 Å². The highest BCUT2D eigenvalue weighted by atomic mass is 16.2. The van der Waals surface area contributed by atoms with Gasteiger partial charge in [-0.1, -0.05) is 60.7 Å². The van der Waals surface area contributed by atoms with Crippen molar-refractivity contribution in [1.82, 2.24) is 14.1 Å². The predicted molar refractivity (Wildman–Crippen MR) is 88.6 cm³/mol. The third-order valence-electron chi connectivity index (χ3n) is 3.71. The van der Waals surface area contributed by atoms with Gasteiger partial charge in [-0.3, -0.25) is 4.57 Å². The number of aryl methyl sites for hydroxylation is 1. The summed E-state index contributed by atoms with van der Waals surface area (Å²) in [4.78, 5) is 28.8. The van der Waals surface area contributed by atoms with Gasteiger partial charge in [0.15, 0.2) is 0 Å². The van der Waals surface area contributed by atoms with Crippen LogP contribution in [-0.4, -0.2) is 14.1 Å². The number of rotatable bonds is 4. The first-order chi connectivity index (χ1) is 11.1. The SMILES string of the molecule is Cc1nc(=O)n(Cc2ccccc2)c(=O)n1Cc1ccccc1. The fraction of sp³-hybridized carbons (Fsp3) is 0.167. The summed E-state index contributed by atoms with van der Waals surface area (Å²) in [6.45, 7) is 2.30. The highest BCUT2D eigenvalue weighted by molar-refractivity contribution is 5.16. The van der Waals surface area contributed by atoms with E-state index >= 15 is 0 Å². The van der Waals surface area contributed by atoms with Crippen LogP contribution in [0.3, 0.4) is 0 Å². The summed E-state index contributed by atoms with van der Waals surface area (Å²) in [5.41, 5.74) is 1.03. The Morgan fingerprint density at radius 2 is 1.26 bits per heavy atom. The highest BCUT2D eigenvalue weighted by Crippen LogP contribution is 2.02. The van der Waals surface area contributed by atoms with Gasteiger partial charge >= 0.3 is 11.4 Å². The Morgan fingerprint density at radius 3 is 1.78 bits per heavy atom. The summed E-state index contributed by atoms with van der Waals surface area (Å²) in [7, 11) is 0. The zero-order valence-corrected chi connectivity index (χ0v) is 12.8. The van der Waals surface area contributed by atoms with Crippen LogP contribution in [-0.2, 0) is 13.1 Å². The Balaban J connectivity index is 2.03. The molecule has 0 radical (unpaired) electrons. The van der Waals surface area contributed by atoms with Gasteiger partial charge in [-0.05, 0) is 18.1 Å².